The van der Waals surface area contributed by atoms with Crippen molar-refractivity contribution in [2.75, 3.05) is 18.1 Å². The van der Waals surface area contributed by atoms with Gasteiger partial charge in [-0.15, -0.1) is 0 Å². The lowest BCUT2D eigenvalue weighted by molar-refractivity contribution is 0.288. The molecule has 0 aliphatic carbocycles. The maximum atomic E-state index is 8.91. The molecule has 0 aromatic heterocycles. The van der Waals surface area contributed by atoms with E-state index in [4.69, 9.17) is 10.4 Å². The number of nitrogens with zero attached hydrogens (tertiary/aromatic N) is 2. The van der Waals surface area contributed by atoms with E-state index in [0.29, 0.717) is 6.04 Å². The Morgan fingerprint density at radius 3 is 2.59 bits per heavy atom. The molecule has 0 unspecified atom stereocenters. The third-order valence-electron chi connectivity index (χ3n) is 2.84. The van der Waals surface area contributed by atoms with E-state index in [2.05, 4.69) is 24.8 Å². The van der Waals surface area contributed by atoms with Gasteiger partial charge in [-0.25, -0.2) is 0 Å². The number of hydrogen-bond acceptors (Lipinski definition) is 3. The molecule has 1 N–H and O–H groups in total. The van der Waals surface area contributed by atoms with Gasteiger partial charge in [-0.2, -0.15) is 5.26 Å². The molecule has 17 heavy (non-hydrogen) atoms. The van der Waals surface area contributed by atoms with Gasteiger partial charge in [0.1, 0.15) is 0 Å². The number of benzene rings is 1. The summed E-state index contributed by atoms with van der Waals surface area (Å²) in [4.78, 5) is 2.24. The normalized spacial score (nSPS) is 10.4. The number of aryl methyl sites for hydroxylation is 1. The van der Waals surface area contributed by atoms with Crippen LogP contribution in [0.2, 0.25) is 0 Å². The lowest BCUT2D eigenvalue weighted by atomic mass is 10.1. The molecule has 0 spiro atoms. The molecule has 0 bridgehead atoms. The Morgan fingerprint density at radius 2 is 2.12 bits per heavy atom. The Kier molecular flexibility index (Phi) is 4.99. The Labute approximate surface area is 103 Å². The second-order valence-electron chi connectivity index (χ2n) is 4.48. The number of aliphatic hydroxyl groups is 1. The molecule has 92 valence electrons. The van der Waals surface area contributed by atoms with Crippen molar-refractivity contribution in [3.8, 4) is 6.07 Å². The van der Waals surface area contributed by atoms with Crippen LogP contribution in [-0.2, 0) is 0 Å². The summed E-state index contributed by atoms with van der Waals surface area (Å²) >= 11 is 0. The van der Waals surface area contributed by atoms with Crippen LogP contribution in [0.15, 0.2) is 18.2 Å². The van der Waals surface area contributed by atoms with Crippen molar-refractivity contribution in [2.45, 2.75) is 33.2 Å². The minimum absolute atomic E-state index is 0.207. The summed E-state index contributed by atoms with van der Waals surface area (Å²) < 4.78 is 0. The van der Waals surface area contributed by atoms with Gasteiger partial charge in [-0.3, -0.25) is 0 Å². The summed E-state index contributed by atoms with van der Waals surface area (Å²) in [5.41, 5.74) is 2.84. The largest absolute Gasteiger partial charge is 0.396 e. The predicted molar refractivity (Wildman–Crippen MR) is 70.1 cm³/mol. The van der Waals surface area contributed by atoms with Gasteiger partial charge in [0.25, 0.3) is 0 Å². The third-order valence-corrected chi connectivity index (χ3v) is 2.84. The molecule has 0 radical (unpaired) electrons. The van der Waals surface area contributed by atoms with E-state index >= 15 is 0 Å². The van der Waals surface area contributed by atoms with Crippen LogP contribution in [0.1, 0.15) is 31.4 Å². The number of nitriles is 1. The first kappa shape index (κ1) is 13.5. The monoisotopic (exact) mass is 232 g/mol. The van der Waals surface area contributed by atoms with Gasteiger partial charge in [0.15, 0.2) is 0 Å². The molecule has 0 heterocycles. The van der Waals surface area contributed by atoms with E-state index in [1.807, 2.05) is 25.1 Å². The van der Waals surface area contributed by atoms with E-state index in [9.17, 15) is 0 Å². The van der Waals surface area contributed by atoms with Gasteiger partial charge >= 0.3 is 0 Å². The summed E-state index contributed by atoms with van der Waals surface area (Å²) in [6.07, 6.45) is 0.761. The summed E-state index contributed by atoms with van der Waals surface area (Å²) in [5.74, 6) is 0. The lowest BCUT2D eigenvalue weighted by Gasteiger charge is -2.29. The van der Waals surface area contributed by atoms with Crippen LogP contribution in [0.3, 0.4) is 0 Å². The van der Waals surface area contributed by atoms with Crippen molar-refractivity contribution >= 4 is 5.69 Å². The SMILES string of the molecule is Cc1cc(N(CCCO)C(C)C)ccc1C#N. The zero-order valence-corrected chi connectivity index (χ0v) is 10.8. The van der Waals surface area contributed by atoms with E-state index in [1.165, 1.54) is 0 Å². The third kappa shape index (κ3) is 3.47. The second-order valence-corrected chi connectivity index (χ2v) is 4.48. The van der Waals surface area contributed by atoms with Crippen molar-refractivity contribution in [3.63, 3.8) is 0 Å². The Hall–Kier alpha value is -1.53. The minimum atomic E-state index is 0.207. The van der Waals surface area contributed by atoms with Crippen molar-refractivity contribution in [1.29, 1.82) is 5.26 Å². The fourth-order valence-corrected chi connectivity index (χ4v) is 1.88. The molecule has 1 rings (SSSR count). The highest BCUT2D eigenvalue weighted by molar-refractivity contribution is 5.54. The molecule has 1 aromatic rings. The van der Waals surface area contributed by atoms with Crippen molar-refractivity contribution < 1.29 is 5.11 Å². The molecule has 0 aliphatic heterocycles. The van der Waals surface area contributed by atoms with Crippen LogP contribution < -0.4 is 4.90 Å². The quantitative estimate of drug-likeness (QED) is 0.848. The fraction of sp³-hybridized carbons (Fsp3) is 0.500. The molecule has 3 nitrogen and oxygen atoms in total. The lowest BCUT2D eigenvalue weighted by Crippen LogP contribution is -2.32. The average Bonchev–Trinajstić information content (AvgIpc) is 2.29. The molecule has 0 amide bonds. The van der Waals surface area contributed by atoms with Crippen LogP contribution >= 0.6 is 0 Å². The van der Waals surface area contributed by atoms with E-state index in [-0.39, 0.29) is 6.61 Å². The number of aliphatic hydroxyl groups excluding tert-OH is 1. The van der Waals surface area contributed by atoms with Gasteiger partial charge in [0.2, 0.25) is 0 Å². The molecule has 3 heteroatoms. The van der Waals surface area contributed by atoms with Crippen LogP contribution in [0.5, 0.6) is 0 Å². The summed E-state index contributed by atoms with van der Waals surface area (Å²) in [7, 11) is 0. The van der Waals surface area contributed by atoms with Crippen LogP contribution in [-0.4, -0.2) is 24.3 Å². The highest BCUT2D eigenvalue weighted by Gasteiger charge is 2.11. The molecular weight excluding hydrogens is 212 g/mol. The van der Waals surface area contributed by atoms with Gasteiger partial charge in [-0.05, 0) is 51.0 Å². The molecule has 1 aromatic carbocycles. The number of rotatable bonds is 5. The van der Waals surface area contributed by atoms with Crippen molar-refractivity contribution in [3.05, 3.63) is 29.3 Å². The first-order valence-electron chi connectivity index (χ1n) is 5.98. The minimum Gasteiger partial charge on any atom is -0.396 e. The second kappa shape index (κ2) is 6.27. The van der Waals surface area contributed by atoms with Crippen molar-refractivity contribution in [2.24, 2.45) is 0 Å². The smallest absolute Gasteiger partial charge is 0.0994 e. The molecule has 0 saturated carbocycles. The molecule has 0 fully saturated rings. The summed E-state index contributed by atoms with van der Waals surface area (Å²) in [6, 6.07) is 8.43. The topological polar surface area (TPSA) is 47.3 Å². The summed E-state index contributed by atoms with van der Waals surface area (Å²) in [5, 5.41) is 17.8. The summed E-state index contributed by atoms with van der Waals surface area (Å²) in [6.45, 7) is 7.25. The van der Waals surface area contributed by atoms with Crippen LogP contribution in [0.4, 0.5) is 5.69 Å². The van der Waals surface area contributed by atoms with Crippen LogP contribution in [0, 0.1) is 18.3 Å². The van der Waals surface area contributed by atoms with Gasteiger partial charge in [-0.1, -0.05) is 0 Å². The highest BCUT2D eigenvalue weighted by Crippen LogP contribution is 2.21. The van der Waals surface area contributed by atoms with E-state index in [1.54, 1.807) is 0 Å². The number of anilines is 1. The average molecular weight is 232 g/mol. The molecule has 0 saturated heterocycles. The zero-order valence-electron chi connectivity index (χ0n) is 10.8. The Morgan fingerprint density at radius 1 is 1.41 bits per heavy atom. The number of hydrogen-bond donors (Lipinski definition) is 1. The molecule has 0 atom stereocenters. The Balaban J connectivity index is 2.95. The van der Waals surface area contributed by atoms with E-state index in [0.717, 1.165) is 29.8 Å². The fourth-order valence-electron chi connectivity index (χ4n) is 1.88. The first-order valence-corrected chi connectivity index (χ1v) is 5.98. The van der Waals surface area contributed by atoms with Gasteiger partial charge < -0.3 is 10.0 Å². The maximum absolute atomic E-state index is 8.91. The van der Waals surface area contributed by atoms with Gasteiger partial charge in [0.05, 0.1) is 11.6 Å². The van der Waals surface area contributed by atoms with E-state index < -0.39 is 0 Å². The predicted octanol–water partition coefficient (Wildman–Crippen LogP) is 2.46. The van der Waals surface area contributed by atoms with Gasteiger partial charge in [0, 0.05) is 24.9 Å². The molecular formula is C14H20N2O. The molecule has 0 aliphatic rings. The Bertz CT molecular complexity index is 407. The first-order chi connectivity index (χ1) is 8.10. The highest BCUT2D eigenvalue weighted by atomic mass is 16.3. The zero-order chi connectivity index (χ0) is 12.8. The van der Waals surface area contributed by atoms with Crippen LogP contribution in [0.25, 0.3) is 0 Å². The standard InChI is InChI=1S/C14H20N2O/c1-11(2)16(7-4-8-17)14-6-5-13(10-15)12(3)9-14/h5-6,9,11,17H,4,7-8H2,1-3H3. The van der Waals surface area contributed by atoms with Crippen molar-refractivity contribution in [1.82, 2.24) is 0 Å². The maximum Gasteiger partial charge on any atom is 0.0994 e.